The first-order chi connectivity index (χ1) is 8.78. The fourth-order valence-corrected chi connectivity index (χ4v) is 1.56. The lowest BCUT2D eigenvalue weighted by Crippen LogP contribution is -2.45. The van der Waals surface area contributed by atoms with Crippen LogP contribution in [0.25, 0.3) is 0 Å². The van der Waals surface area contributed by atoms with E-state index in [4.69, 9.17) is 17.3 Å². The molecule has 1 atom stereocenters. The molecule has 2 N–H and O–H groups in total. The van der Waals surface area contributed by atoms with E-state index in [1.54, 1.807) is 0 Å². The fourth-order valence-electron chi connectivity index (χ4n) is 1.34. The quantitative estimate of drug-likeness (QED) is 0.737. The first-order valence-corrected chi connectivity index (χ1v) is 5.23. The van der Waals surface area contributed by atoms with Crippen LogP contribution in [0.1, 0.15) is 17.2 Å². The van der Waals surface area contributed by atoms with Crippen LogP contribution < -0.4 is 5.73 Å². The van der Waals surface area contributed by atoms with E-state index in [9.17, 15) is 35.1 Å². The molecule has 122 valence electrons. The van der Waals surface area contributed by atoms with Crippen molar-refractivity contribution in [1.82, 2.24) is 0 Å². The van der Waals surface area contributed by atoms with Gasteiger partial charge in [-0.1, -0.05) is 17.7 Å². The minimum atomic E-state index is -5.98. The highest BCUT2D eigenvalue weighted by Gasteiger charge is 2.61. The SMILES string of the molecule is Cl.N[C@H](c1ccc(Cl)c(C(F)(F)F)c1)C(F)(F)C(F)(F)F. The highest BCUT2D eigenvalue weighted by atomic mass is 35.5. The summed E-state index contributed by atoms with van der Waals surface area (Å²) < 4.78 is 99.7. The number of rotatable bonds is 2. The van der Waals surface area contributed by atoms with Crippen molar-refractivity contribution >= 4 is 24.0 Å². The van der Waals surface area contributed by atoms with Crippen LogP contribution in [0.15, 0.2) is 18.2 Å². The predicted molar refractivity (Wildman–Crippen MR) is 61.6 cm³/mol. The van der Waals surface area contributed by atoms with Gasteiger partial charge in [-0.2, -0.15) is 35.1 Å². The van der Waals surface area contributed by atoms with Gasteiger partial charge in [-0.05, 0) is 17.7 Å². The molecule has 21 heavy (non-hydrogen) atoms. The van der Waals surface area contributed by atoms with E-state index in [1.165, 1.54) is 0 Å². The van der Waals surface area contributed by atoms with E-state index in [0.717, 1.165) is 0 Å². The molecule has 1 nitrogen and oxygen atoms in total. The third kappa shape index (κ3) is 4.10. The highest BCUT2D eigenvalue weighted by molar-refractivity contribution is 6.31. The van der Waals surface area contributed by atoms with Crippen molar-refractivity contribution in [3.63, 3.8) is 0 Å². The summed E-state index contributed by atoms with van der Waals surface area (Å²) in [6, 6.07) is -1.75. The molecule has 0 aliphatic carbocycles. The predicted octanol–water partition coefficient (Wildman–Crippen LogP) is 4.98. The summed E-state index contributed by atoms with van der Waals surface area (Å²) in [6.45, 7) is 0. The van der Waals surface area contributed by atoms with Crippen LogP contribution in [0.4, 0.5) is 35.1 Å². The lowest BCUT2D eigenvalue weighted by atomic mass is 9.99. The second-order valence-corrected chi connectivity index (χ2v) is 4.24. The monoisotopic (exact) mass is 363 g/mol. The second kappa shape index (κ2) is 6.13. The summed E-state index contributed by atoms with van der Waals surface area (Å²) in [6.07, 6.45) is -11.0. The molecule has 0 saturated heterocycles. The average molecular weight is 364 g/mol. The average Bonchev–Trinajstić information content (AvgIpc) is 2.25. The molecule has 0 heterocycles. The summed E-state index contributed by atoms with van der Waals surface area (Å²) in [4.78, 5) is 0. The molecule has 0 fully saturated rings. The molecule has 1 aromatic rings. The molecule has 11 heteroatoms. The zero-order chi connectivity index (χ0) is 15.9. The second-order valence-electron chi connectivity index (χ2n) is 3.84. The zero-order valence-electron chi connectivity index (χ0n) is 9.70. The number of nitrogens with two attached hydrogens (primary N) is 1. The van der Waals surface area contributed by atoms with Crippen molar-refractivity contribution < 1.29 is 35.1 Å². The highest BCUT2D eigenvalue weighted by Crippen LogP contribution is 2.44. The molecule has 0 aliphatic rings. The minimum absolute atomic E-state index is 0. The maximum absolute atomic E-state index is 13.0. The normalized spacial score (nSPS) is 14.6. The molecule has 1 rings (SSSR count). The largest absolute Gasteiger partial charge is 0.455 e. The van der Waals surface area contributed by atoms with E-state index in [1.807, 2.05) is 0 Å². The number of halogens is 10. The van der Waals surface area contributed by atoms with Crippen molar-refractivity contribution in [3.05, 3.63) is 34.3 Å². The zero-order valence-corrected chi connectivity index (χ0v) is 11.3. The minimum Gasteiger partial charge on any atom is -0.319 e. The van der Waals surface area contributed by atoms with Crippen LogP contribution in [0.5, 0.6) is 0 Å². The first-order valence-electron chi connectivity index (χ1n) is 4.85. The maximum Gasteiger partial charge on any atom is 0.455 e. The Morgan fingerprint density at radius 1 is 0.952 bits per heavy atom. The maximum atomic E-state index is 13.0. The molecule has 0 saturated carbocycles. The summed E-state index contributed by atoms with van der Waals surface area (Å²) >= 11 is 5.22. The number of alkyl halides is 8. The lowest BCUT2D eigenvalue weighted by Gasteiger charge is -2.26. The van der Waals surface area contributed by atoms with E-state index >= 15 is 0 Å². The van der Waals surface area contributed by atoms with Gasteiger partial charge in [0.05, 0.1) is 10.6 Å². The van der Waals surface area contributed by atoms with E-state index in [-0.39, 0.29) is 18.5 Å². The van der Waals surface area contributed by atoms with Gasteiger partial charge in [0.25, 0.3) is 0 Å². The van der Waals surface area contributed by atoms with Crippen LogP contribution in [-0.4, -0.2) is 12.1 Å². The van der Waals surface area contributed by atoms with Crippen LogP contribution in [0, 0.1) is 0 Å². The number of benzene rings is 1. The van der Waals surface area contributed by atoms with Crippen molar-refractivity contribution in [2.75, 3.05) is 0 Å². The Bertz CT molecular complexity index is 497. The Labute approximate surface area is 124 Å². The summed E-state index contributed by atoms with van der Waals surface area (Å²) in [7, 11) is 0. The first kappa shape index (κ1) is 20.2. The standard InChI is InChI=1S/C10H6ClF8N.ClH/c11-6-2-1-4(3-5(6)9(14,15)16)7(20)8(12,13)10(17,18)19;/h1-3,7H,20H2;1H/t7-;/m1./s1. The molecule has 0 unspecified atom stereocenters. The molecule has 0 aromatic heterocycles. The molecular formula is C10H7Cl2F8N. The Hall–Kier alpha value is -0.800. The molecule has 0 radical (unpaired) electrons. The van der Waals surface area contributed by atoms with Crippen molar-refractivity contribution in [2.45, 2.75) is 24.3 Å². The molecule has 0 amide bonds. The fraction of sp³-hybridized carbons (Fsp3) is 0.400. The Kier molecular flexibility index (Phi) is 5.90. The Morgan fingerprint density at radius 2 is 1.43 bits per heavy atom. The molecule has 0 spiro atoms. The van der Waals surface area contributed by atoms with Crippen LogP contribution in [-0.2, 0) is 6.18 Å². The summed E-state index contributed by atoms with van der Waals surface area (Å²) in [5.41, 5.74) is 2.18. The molecule has 0 bridgehead atoms. The van der Waals surface area contributed by atoms with Gasteiger partial charge in [0.2, 0.25) is 0 Å². The Balaban J connectivity index is 0.00000400. The smallest absolute Gasteiger partial charge is 0.319 e. The van der Waals surface area contributed by atoms with Gasteiger partial charge in [-0.3, -0.25) is 0 Å². The van der Waals surface area contributed by atoms with Gasteiger partial charge in [0.15, 0.2) is 0 Å². The lowest BCUT2D eigenvalue weighted by molar-refractivity contribution is -0.291. The van der Waals surface area contributed by atoms with Gasteiger partial charge < -0.3 is 5.73 Å². The van der Waals surface area contributed by atoms with Crippen molar-refractivity contribution in [2.24, 2.45) is 5.73 Å². The third-order valence-electron chi connectivity index (χ3n) is 2.42. The van der Waals surface area contributed by atoms with Crippen LogP contribution in [0.2, 0.25) is 5.02 Å². The Morgan fingerprint density at radius 3 is 1.81 bits per heavy atom. The summed E-state index contributed by atoms with van der Waals surface area (Å²) in [5.74, 6) is -5.37. The van der Waals surface area contributed by atoms with Crippen molar-refractivity contribution in [1.29, 1.82) is 0 Å². The molecule has 1 aromatic carbocycles. The van der Waals surface area contributed by atoms with Gasteiger partial charge in [0, 0.05) is 0 Å². The van der Waals surface area contributed by atoms with E-state index < -0.39 is 40.5 Å². The summed E-state index contributed by atoms with van der Waals surface area (Å²) in [5, 5.41) is -0.830. The molecule has 0 aliphatic heterocycles. The van der Waals surface area contributed by atoms with Crippen LogP contribution >= 0.6 is 24.0 Å². The third-order valence-corrected chi connectivity index (χ3v) is 2.75. The van der Waals surface area contributed by atoms with Gasteiger partial charge >= 0.3 is 18.3 Å². The van der Waals surface area contributed by atoms with E-state index in [2.05, 4.69) is 0 Å². The van der Waals surface area contributed by atoms with Crippen molar-refractivity contribution in [3.8, 4) is 0 Å². The van der Waals surface area contributed by atoms with Gasteiger partial charge in [0.1, 0.15) is 6.04 Å². The number of hydrogen-bond donors (Lipinski definition) is 1. The van der Waals surface area contributed by atoms with Gasteiger partial charge in [-0.15, -0.1) is 12.4 Å². The number of hydrogen-bond acceptors (Lipinski definition) is 1. The topological polar surface area (TPSA) is 26.0 Å². The van der Waals surface area contributed by atoms with Crippen LogP contribution in [0.3, 0.4) is 0 Å². The van der Waals surface area contributed by atoms with Gasteiger partial charge in [-0.25, -0.2) is 0 Å². The van der Waals surface area contributed by atoms with E-state index in [0.29, 0.717) is 12.1 Å². The molecular weight excluding hydrogens is 357 g/mol.